The van der Waals surface area contributed by atoms with Crippen molar-refractivity contribution in [3.63, 3.8) is 0 Å². The van der Waals surface area contributed by atoms with Crippen LogP contribution in [0.4, 0.5) is 14.6 Å². The average molecular weight is 478 g/mol. The molecule has 0 unspecified atom stereocenters. The zero-order chi connectivity index (χ0) is 24.4. The number of carbonyl (C=O) groups excluding carboxylic acids is 1. The van der Waals surface area contributed by atoms with E-state index in [-0.39, 0.29) is 17.8 Å². The van der Waals surface area contributed by atoms with Gasteiger partial charge in [-0.2, -0.15) is 5.10 Å². The fourth-order valence-electron chi connectivity index (χ4n) is 4.06. The molecule has 1 aromatic heterocycles. The molecule has 0 saturated carbocycles. The molecule has 0 spiro atoms. The minimum absolute atomic E-state index is 0.0253. The van der Waals surface area contributed by atoms with Gasteiger partial charge < -0.3 is 19.7 Å². The normalized spacial score (nSPS) is 14.7. The van der Waals surface area contributed by atoms with E-state index >= 15 is 0 Å². The summed E-state index contributed by atoms with van der Waals surface area (Å²) in [5.74, 6) is -0.491. The van der Waals surface area contributed by atoms with Crippen LogP contribution in [0.5, 0.6) is 17.2 Å². The quantitative estimate of drug-likeness (QED) is 0.390. The number of likely N-dealkylation sites (tertiary alicyclic amines) is 1. The number of benzene rings is 3. The molecule has 2 heterocycles. The predicted molar refractivity (Wildman–Crippen MR) is 128 cm³/mol. The Balaban J connectivity index is 1.31. The van der Waals surface area contributed by atoms with Gasteiger partial charge in [0.25, 0.3) is 5.91 Å². The van der Waals surface area contributed by atoms with Crippen molar-refractivity contribution < 1.29 is 23.0 Å². The molecule has 1 saturated heterocycles. The highest BCUT2D eigenvalue weighted by Crippen LogP contribution is 2.30. The third-order valence-corrected chi connectivity index (χ3v) is 5.90. The lowest BCUT2D eigenvalue weighted by molar-refractivity contribution is 0.102. The molecule has 2 N–H and O–H groups in total. The van der Waals surface area contributed by atoms with Crippen molar-refractivity contribution in [3.05, 3.63) is 77.9 Å². The van der Waals surface area contributed by atoms with E-state index in [4.69, 9.17) is 9.47 Å². The number of hydrogen-bond donors (Lipinski definition) is 2. The van der Waals surface area contributed by atoms with Gasteiger partial charge in [-0.05, 0) is 56.3 Å². The van der Waals surface area contributed by atoms with Crippen molar-refractivity contribution in [3.8, 4) is 17.2 Å². The molecule has 5 rings (SSSR count). The summed E-state index contributed by atoms with van der Waals surface area (Å²) in [5, 5.41) is 10.4. The van der Waals surface area contributed by atoms with Crippen LogP contribution in [-0.4, -0.2) is 47.2 Å². The Bertz CT molecular complexity index is 1350. The molecule has 1 aliphatic rings. The molecule has 7 nitrogen and oxygen atoms in total. The van der Waals surface area contributed by atoms with E-state index in [9.17, 15) is 13.6 Å². The van der Waals surface area contributed by atoms with Gasteiger partial charge in [0.15, 0.2) is 5.82 Å². The lowest BCUT2D eigenvalue weighted by atomic mass is 10.1. The number of nitrogens with zero attached hydrogens (tertiary/aromatic N) is 2. The third kappa shape index (κ3) is 5.41. The van der Waals surface area contributed by atoms with E-state index in [1.54, 1.807) is 36.4 Å². The molecule has 0 aliphatic carbocycles. The van der Waals surface area contributed by atoms with E-state index < -0.39 is 11.6 Å². The molecule has 0 bridgehead atoms. The van der Waals surface area contributed by atoms with Crippen LogP contribution in [0.25, 0.3) is 10.9 Å². The van der Waals surface area contributed by atoms with E-state index in [0.29, 0.717) is 33.8 Å². The Labute approximate surface area is 200 Å². The maximum atomic E-state index is 13.5. The number of anilines is 1. The number of fused-ring (bicyclic) bond motifs is 1. The Kier molecular flexibility index (Phi) is 6.33. The molecular formula is C26H24F2N4O3. The van der Waals surface area contributed by atoms with Gasteiger partial charge in [0.2, 0.25) is 0 Å². The van der Waals surface area contributed by atoms with Crippen LogP contribution in [0.15, 0.2) is 60.7 Å². The van der Waals surface area contributed by atoms with Crippen LogP contribution < -0.4 is 14.8 Å². The number of hydrogen-bond acceptors (Lipinski definition) is 5. The summed E-state index contributed by atoms with van der Waals surface area (Å²) >= 11 is 0. The molecule has 9 heteroatoms. The van der Waals surface area contributed by atoms with Crippen molar-refractivity contribution >= 4 is 22.6 Å². The zero-order valence-corrected chi connectivity index (χ0v) is 19.1. The van der Waals surface area contributed by atoms with Crippen molar-refractivity contribution in [2.24, 2.45) is 0 Å². The van der Waals surface area contributed by atoms with Gasteiger partial charge in [0, 0.05) is 42.2 Å². The predicted octanol–water partition coefficient (Wildman–Crippen LogP) is 5.36. The fourth-order valence-corrected chi connectivity index (χ4v) is 4.06. The van der Waals surface area contributed by atoms with Crippen LogP contribution in [0.2, 0.25) is 0 Å². The maximum Gasteiger partial charge on any atom is 0.257 e. The Hall–Kier alpha value is -3.98. The van der Waals surface area contributed by atoms with Gasteiger partial charge in [-0.15, -0.1) is 0 Å². The van der Waals surface area contributed by atoms with Crippen molar-refractivity contribution in [1.29, 1.82) is 0 Å². The number of aromatic nitrogens is 2. The van der Waals surface area contributed by atoms with E-state index in [0.717, 1.165) is 44.1 Å². The highest BCUT2D eigenvalue weighted by Gasteiger charge is 2.19. The monoisotopic (exact) mass is 478 g/mol. The lowest BCUT2D eigenvalue weighted by Crippen LogP contribution is -2.35. The van der Waals surface area contributed by atoms with Crippen LogP contribution in [0.3, 0.4) is 0 Å². The van der Waals surface area contributed by atoms with Crippen LogP contribution in [0, 0.1) is 11.6 Å². The molecule has 0 radical (unpaired) electrons. The minimum Gasteiger partial charge on any atom is -0.490 e. The second kappa shape index (κ2) is 9.71. The molecule has 35 heavy (non-hydrogen) atoms. The van der Waals surface area contributed by atoms with E-state index in [1.165, 1.54) is 0 Å². The Morgan fingerprint density at radius 1 is 1.00 bits per heavy atom. The second-order valence-corrected chi connectivity index (χ2v) is 8.59. The van der Waals surface area contributed by atoms with Gasteiger partial charge in [-0.1, -0.05) is 6.07 Å². The molecular weight excluding hydrogens is 454 g/mol. The molecule has 3 aromatic carbocycles. The first kappa shape index (κ1) is 22.8. The third-order valence-electron chi connectivity index (χ3n) is 5.90. The van der Waals surface area contributed by atoms with E-state index in [2.05, 4.69) is 27.5 Å². The topological polar surface area (TPSA) is 79.5 Å². The highest BCUT2D eigenvalue weighted by atomic mass is 19.1. The molecule has 180 valence electrons. The largest absolute Gasteiger partial charge is 0.490 e. The van der Waals surface area contributed by atoms with Crippen molar-refractivity contribution in [2.45, 2.75) is 18.9 Å². The number of amides is 1. The summed E-state index contributed by atoms with van der Waals surface area (Å²) in [6, 6.07) is 15.0. The number of rotatable bonds is 6. The van der Waals surface area contributed by atoms with Crippen LogP contribution >= 0.6 is 0 Å². The standard InChI is InChI=1S/C26H24F2N4O3/c1-32-9-7-19(8-10-32)34-20-4-2-3-16(11-20)26(33)29-25-23-15-21(5-6-24(23)30-31-25)35-22-13-17(27)12-18(28)14-22/h2-6,11-15,19H,7-10H2,1H3,(H2,29,30,31,33). The molecule has 1 fully saturated rings. The van der Waals surface area contributed by atoms with E-state index in [1.807, 2.05) is 6.07 Å². The number of aromatic amines is 1. The number of ether oxygens (including phenoxy) is 2. The Morgan fingerprint density at radius 3 is 2.54 bits per heavy atom. The lowest BCUT2D eigenvalue weighted by Gasteiger charge is -2.29. The van der Waals surface area contributed by atoms with Gasteiger partial charge in [-0.3, -0.25) is 9.89 Å². The first-order chi connectivity index (χ1) is 16.9. The first-order valence-corrected chi connectivity index (χ1v) is 11.3. The molecule has 1 aliphatic heterocycles. The number of halogens is 2. The van der Waals surface area contributed by atoms with Crippen LogP contribution in [-0.2, 0) is 0 Å². The Morgan fingerprint density at radius 2 is 1.77 bits per heavy atom. The number of H-pyrrole nitrogens is 1. The van der Waals surface area contributed by atoms with Gasteiger partial charge >= 0.3 is 0 Å². The summed E-state index contributed by atoms with van der Waals surface area (Å²) in [7, 11) is 2.09. The summed E-state index contributed by atoms with van der Waals surface area (Å²) in [4.78, 5) is 15.2. The van der Waals surface area contributed by atoms with Crippen molar-refractivity contribution in [1.82, 2.24) is 15.1 Å². The average Bonchev–Trinajstić information content (AvgIpc) is 3.22. The van der Waals surface area contributed by atoms with Crippen molar-refractivity contribution in [2.75, 3.05) is 25.5 Å². The minimum atomic E-state index is -0.737. The summed E-state index contributed by atoms with van der Waals surface area (Å²) < 4.78 is 38.7. The smallest absolute Gasteiger partial charge is 0.257 e. The first-order valence-electron chi connectivity index (χ1n) is 11.3. The van der Waals surface area contributed by atoms with Crippen LogP contribution in [0.1, 0.15) is 23.2 Å². The SMILES string of the molecule is CN1CCC(Oc2cccc(C(=O)Nc3n[nH]c4ccc(Oc5cc(F)cc(F)c5)cc34)c2)CC1. The maximum absolute atomic E-state index is 13.5. The van der Waals surface area contributed by atoms with Gasteiger partial charge in [0.05, 0.1) is 5.52 Å². The molecule has 1 amide bonds. The van der Waals surface area contributed by atoms with Gasteiger partial charge in [0.1, 0.15) is 35.0 Å². The molecule has 0 atom stereocenters. The molecule has 4 aromatic rings. The number of nitrogens with one attached hydrogen (secondary N) is 2. The summed E-state index contributed by atoms with van der Waals surface area (Å²) in [5.41, 5.74) is 1.10. The zero-order valence-electron chi connectivity index (χ0n) is 19.1. The number of piperidine rings is 1. The number of carbonyl (C=O) groups is 1. The fraction of sp³-hybridized carbons (Fsp3) is 0.231. The van der Waals surface area contributed by atoms with Gasteiger partial charge in [-0.25, -0.2) is 8.78 Å². The highest BCUT2D eigenvalue weighted by molar-refractivity contribution is 6.08. The summed E-state index contributed by atoms with van der Waals surface area (Å²) in [6.07, 6.45) is 2.02. The second-order valence-electron chi connectivity index (χ2n) is 8.59. The summed E-state index contributed by atoms with van der Waals surface area (Å²) in [6.45, 7) is 1.97.